The maximum atomic E-state index is 12.5. The number of nitrogens with zero attached hydrogens (tertiary/aromatic N) is 1. The number of rotatable bonds is 7. The van der Waals surface area contributed by atoms with Crippen molar-refractivity contribution < 1.29 is 18.9 Å². The first-order valence-corrected chi connectivity index (χ1v) is 10.4. The molecule has 0 aliphatic rings. The Hall–Kier alpha value is -4.78. The van der Waals surface area contributed by atoms with E-state index in [0.717, 1.165) is 5.56 Å². The predicted octanol–water partition coefficient (Wildman–Crippen LogP) is 6.31. The van der Waals surface area contributed by atoms with Crippen LogP contribution in [0.4, 0.5) is 11.4 Å². The zero-order valence-electron chi connectivity index (χ0n) is 18.2. The molecule has 0 saturated heterocycles. The van der Waals surface area contributed by atoms with Crippen LogP contribution in [0.2, 0.25) is 0 Å². The van der Waals surface area contributed by atoms with Crippen LogP contribution in [0.1, 0.15) is 32.0 Å². The first-order chi connectivity index (χ1) is 16.4. The summed E-state index contributed by atoms with van der Waals surface area (Å²) < 4.78 is 5.70. The molecule has 0 saturated carbocycles. The largest absolute Gasteiger partial charge is 0.456 e. The highest BCUT2D eigenvalue weighted by atomic mass is 16.6. The Bertz CT molecular complexity index is 1390. The smallest absolute Gasteiger partial charge is 0.280 e. The summed E-state index contributed by atoms with van der Waals surface area (Å²) in [7, 11) is 0. The van der Waals surface area contributed by atoms with Gasteiger partial charge in [0.05, 0.1) is 10.5 Å². The first-order valence-electron chi connectivity index (χ1n) is 10.4. The van der Waals surface area contributed by atoms with Crippen molar-refractivity contribution in [3.05, 3.63) is 124 Å². The second-order valence-corrected chi connectivity index (χ2v) is 7.57. The third kappa shape index (κ3) is 5.16. The van der Waals surface area contributed by atoms with Crippen LogP contribution in [0, 0.1) is 17.0 Å². The first kappa shape index (κ1) is 22.4. The number of ketones is 1. The van der Waals surface area contributed by atoms with Gasteiger partial charge in [-0.25, -0.2) is 0 Å². The number of allylic oxidation sites excluding steroid dienone is 1. The summed E-state index contributed by atoms with van der Waals surface area (Å²) in [5, 5.41) is 14.1. The number of hydrogen-bond donors (Lipinski definition) is 1. The number of anilines is 1. The highest BCUT2D eigenvalue weighted by Gasteiger charge is 2.18. The monoisotopic (exact) mass is 452 g/mol. The zero-order chi connectivity index (χ0) is 24.1. The fourth-order valence-corrected chi connectivity index (χ4v) is 3.35. The van der Waals surface area contributed by atoms with Gasteiger partial charge in [-0.1, -0.05) is 24.3 Å². The van der Waals surface area contributed by atoms with E-state index in [1.807, 2.05) is 6.07 Å². The maximum absolute atomic E-state index is 12.5. The fraction of sp³-hybridized carbons (Fsp3) is 0.0370. The molecular formula is C27H20N2O5. The van der Waals surface area contributed by atoms with E-state index in [0.29, 0.717) is 33.9 Å². The number of benzene rings is 3. The molecule has 0 spiro atoms. The molecule has 0 atom stereocenters. The molecule has 7 heteroatoms. The summed E-state index contributed by atoms with van der Waals surface area (Å²) in [5.41, 5.74) is 2.66. The minimum atomic E-state index is -0.449. The Morgan fingerprint density at radius 2 is 1.65 bits per heavy atom. The maximum Gasteiger partial charge on any atom is 0.280 e. The van der Waals surface area contributed by atoms with E-state index >= 15 is 0 Å². The molecule has 1 amide bonds. The lowest BCUT2D eigenvalue weighted by molar-refractivity contribution is -0.384. The molecule has 34 heavy (non-hydrogen) atoms. The lowest BCUT2D eigenvalue weighted by atomic mass is 10.1. The summed E-state index contributed by atoms with van der Waals surface area (Å²) in [6.45, 7) is 1.78. The van der Waals surface area contributed by atoms with Gasteiger partial charge in [0, 0.05) is 22.9 Å². The molecule has 0 fully saturated rings. The summed E-state index contributed by atoms with van der Waals surface area (Å²) >= 11 is 0. The third-order valence-electron chi connectivity index (χ3n) is 5.10. The third-order valence-corrected chi connectivity index (χ3v) is 5.10. The van der Waals surface area contributed by atoms with Crippen molar-refractivity contribution in [1.82, 2.24) is 0 Å². The number of carbonyl (C=O) groups excluding carboxylic acids is 2. The Kier molecular flexibility index (Phi) is 6.45. The Balaban J connectivity index is 1.43. The van der Waals surface area contributed by atoms with Crippen molar-refractivity contribution in [2.75, 3.05) is 5.32 Å². The second kappa shape index (κ2) is 9.79. The number of carbonyl (C=O) groups is 2. The van der Waals surface area contributed by atoms with Crippen LogP contribution >= 0.6 is 0 Å². The SMILES string of the molecule is Cc1ccc(-c2ccc(/C=C/C(=O)c3ccc(NC(=O)c4ccccc4)cc3)o2)c([N+](=O)[O-])c1. The van der Waals surface area contributed by atoms with Gasteiger partial charge in [0.25, 0.3) is 11.6 Å². The molecule has 1 N–H and O–H groups in total. The van der Waals surface area contributed by atoms with Crippen molar-refractivity contribution >= 4 is 29.1 Å². The molecule has 0 radical (unpaired) electrons. The van der Waals surface area contributed by atoms with Gasteiger partial charge in [0.1, 0.15) is 11.5 Å². The average Bonchev–Trinajstić information content (AvgIpc) is 3.32. The zero-order valence-corrected chi connectivity index (χ0v) is 18.2. The van der Waals surface area contributed by atoms with Crippen molar-refractivity contribution in [2.45, 2.75) is 6.92 Å². The summed E-state index contributed by atoms with van der Waals surface area (Å²) in [6.07, 6.45) is 2.88. The lowest BCUT2D eigenvalue weighted by Crippen LogP contribution is -2.11. The van der Waals surface area contributed by atoms with Crippen LogP contribution in [-0.4, -0.2) is 16.6 Å². The van der Waals surface area contributed by atoms with Gasteiger partial charge in [-0.05, 0) is 79.2 Å². The number of nitro benzene ring substituents is 1. The van der Waals surface area contributed by atoms with Gasteiger partial charge in [-0.15, -0.1) is 0 Å². The minimum Gasteiger partial charge on any atom is -0.456 e. The van der Waals surface area contributed by atoms with Crippen molar-refractivity contribution in [3.63, 3.8) is 0 Å². The molecule has 7 nitrogen and oxygen atoms in total. The molecule has 1 aromatic heterocycles. The number of nitrogens with one attached hydrogen (secondary N) is 1. The highest BCUT2D eigenvalue weighted by Crippen LogP contribution is 2.32. The van der Waals surface area contributed by atoms with Gasteiger partial charge in [0.15, 0.2) is 5.78 Å². The quantitative estimate of drug-likeness (QED) is 0.153. The Morgan fingerprint density at radius 3 is 2.35 bits per heavy atom. The number of hydrogen-bond acceptors (Lipinski definition) is 5. The lowest BCUT2D eigenvalue weighted by Gasteiger charge is -2.05. The van der Waals surface area contributed by atoms with Gasteiger partial charge < -0.3 is 9.73 Å². The van der Waals surface area contributed by atoms with Crippen molar-refractivity contribution in [1.29, 1.82) is 0 Å². The van der Waals surface area contributed by atoms with E-state index in [9.17, 15) is 19.7 Å². The number of amides is 1. The van der Waals surface area contributed by atoms with Gasteiger partial charge in [-0.3, -0.25) is 19.7 Å². The van der Waals surface area contributed by atoms with E-state index in [1.165, 1.54) is 18.2 Å². The molecule has 0 aliphatic heterocycles. The minimum absolute atomic E-state index is 0.0413. The second-order valence-electron chi connectivity index (χ2n) is 7.57. The molecule has 1 heterocycles. The normalized spacial score (nSPS) is 10.9. The molecule has 3 aromatic carbocycles. The topological polar surface area (TPSA) is 102 Å². The number of nitro groups is 1. The van der Waals surface area contributed by atoms with Crippen LogP contribution in [-0.2, 0) is 0 Å². The van der Waals surface area contributed by atoms with Gasteiger partial charge in [0.2, 0.25) is 0 Å². The van der Waals surface area contributed by atoms with E-state index in [-0.39, 0.29) is 17.4 Å². The van der Waals surface area contributed by atoms with Crippen molar-refractivity contribution in [2.24, 2.45) is 0 Å². The number of aryl methyl sites for hydroxylation is 1. The Labute approximate surface area is 195 Å². The molecular weight excluding hydrogens is 432 g/mol. The predicted molar refractivity (Wildman–Crippen MR) is 130 cm³/mol. The molecule has 0 bridgehead atoms. The van der Waals surface area contributed by atoms with Crippen molar-refractivity contribution in [3.8, 4) is 11.3 Å². The van der Waals surface area contributed by atoms with Crippen LogP contribution in [0.25, 0.3) is 17.4 Å². The van der Waals surface area contributed by atoms with E-state index in [2.05, 4.69) is 5.32 Å². The van der Waals surface area contributed by atoms with Crippen LogP contribution < -0.4 is 5.32 Å². The molecule has 4 aromatic rings. The van der Waals surface area contributed by atoms with E-state index in [4.69, 9.17) is 4.42 Å². The van der Waals surface area contributed by atoms with Gasteiger partial charge in [-0.2, -0.15) is 0 Å². The molecule has 0 aliphatic carbocycles. The Morgan fingerprint density at radius 1 is 0.912 bits per heavy atom. The average molecular weight is 452 g/mol. The summed E-state index contributed by atoms with van der Waals surface area (Å²) in [5.74, 6) is 0.254. The van der Waals surface area contributed by atoms with E-state index in [1.54, 1.807) is 79.7 Å². The molecule has 0 unspecified atom stereocenters. The standard InChI is InChI=1S/C27H20N2O5/c1-18-7-14-23(24(17-18)29(32)33)26-16-13-22(34-26)12-15-25(30)19-8-10-21(11-9-19)28-27(31)20-5-3-2-4-6-20/h2-17H,1H3,(H,28,31)/b15-12+. The van der Waals surface area contributed by atoms with Crippen LogP contribution in [0.3, 0.4) is 0 Å². The summed E-state index contributed by atoms with van der Waals surface area (Å²) in [4.78, 5) is 35.7. The van der Waals surface area contributed by atoms with Crippen LogP contribution in [0.5, 0.6) is 0 Å². The van der Waals surface area contributed by atoms with Crippen LogP contribution in [0.15, 0.2) is 95.4 Å². The molecule has 4 rings (SSSR count). The van der Waals surface area contributed by atoms with E-state index < -0.39 is 4.92 Å². The van der Waals surface area contributed by atoms with Gasteiger partial charge >= 0.3 is 0 Å². The molecule has 168 valence electrons. The fourth-order valence-electron chi connectivity index (χ4n) is 3.35. The summed E-state index contributed by atoms with van der Waals surface area (Å²) in [6, 6.07) is 23.6. The number of furan rings is 1. The highest BCUT2D eigenvalue weighted by molar-refractivity contribution is 6.07.